The monoisotopic (exact) mass is 1740 g/mol. The second-order valence-corrected chi connectivity index (χ2v) is 30.6. The van der Waals surface area contributed by atoms with Gasteiger partial charge in [-0.15, -0.1) is 29.8 Å². The Labute approximate surface area is 718 Å². The molecule has 0 N–H and O–H groups in total. The first-order chi connectivity index (χ1) is 60.0. The summed E-state index contributed by atoms with van der Waals surface area (Å²) >= 11 is 0. The maximum atomic E-state index is 12.6. The van der Waals surface area contributed by atoms with Crippen molar-refractivity contribution in [1.29, 1.82) is 0 Å². The van der Waals surface area contributed by atoms with E-state index in [1.807, 2.05) is 18.2 Å². The molecule has 579 valence electrons. The van der Waals surface area contributed by atoms with Gasteiger partial charge < -0.3 is 32.7 Å². The molecule has 24 aromatic rings. The molecule has 0 aliphatic rings. The molecule has 0 fully saturated rings. The summed E-state index contributed by atoms with van der Waals surface area (Å²) in [4.78, 5) is 6.49. The van der Waals surface area contributed by atoms with Gasteiger partial charge in [-0.1, -0.05) is 255 Å². The molecular formula is C113H75FIrN7-. The molecule has 1 radical (unpaired) electrons. The third-order valence-corrected chi connectivity index (χ3v) is 23.6. The first-order valence-electron chi connectivity index (χ1n) is 41.0. The number of benzene rings is 18. The van der Waals surface area contributed by atoms with Crippen LogP contribution in [0.1, 0.15) is 0 Å². The number of rotatable bonds is 12. The van der Waals surface area contributed by atoms with Crippen molar-refractivity contribution in [2.24, 2.45) is 0 Å². The Balaban J connectivity index is 0.000000131. The number of halogens is 1. The zero-order chi connectivity index (χ0) is 80.3. The number of anilines is 3. The van der Waals surface area contributed by atoms with Crippen molar-refractivity contribution < 1.29 is 24.5 Å². The number of para-hydroxylation sites is 10. The fraction of sp³-hybridized carbons (Fsp3) is 0. The average molecular weight is 1740 g/mol. The molecule has 122 heavy (non-hydrogen) atoms. The number of aromatic nitrogens is 6. The van der Waals surface area contributed by atoms with E-state index in [9.17, 15) is 4.39 Å². The van der Waals surface area contributed by atoms with E-state index in [-0.39, 0.29) is 25.9 Å². The Morgan fingerprint density at radius 1 is 0.213 bits per heavy atom. The minimum Gasteiger partial charge on any atom is -0.310 e. The molecule has 18 aromatic carbocycles. The number of fused-ring (bicyclic) bond motifs is 15. The number of hydrogen-bond donors (Lipinski definition) is 0. The van der Waals surface area contributed by atoms with Crippen LogP contribution < -0.4 is 4.90 Å². The molecule has 7 nitrogen and oxygen atoms in total. The number of hydrogen-bond acceptors (Lipinski definition) is 2. The quantitative estimate of drug-likeness (QED) is 0.114. The normalized spacial score (nSPS) is 11.4. The smallest absolute Gasteiger partial charge is 0.0541 e. The van der Waals surface area contributed by atoms with Gasteiger partial charge in [0.05, 0.1) is 55.2 Å². The summed E-state index contributed by atoms with van der Waals surface area (Å²) in [6, 6.07) is 162. The Morgan fingerprint density at radius 2 is 0.459 bits per heavy atom. The summed E-state index contributed by atoms with van der Waals surface area (Å²) < 4.78 is 24.5. The van der Waals surface area contributed by atoms with E-state index >= 15 is 0 Å². The molecule has 0 amide bonds. The second kappa shape index (κ2) is 31.7. The number of nitrogens with zero attached hydrogens (tertiary/aromatic N) is 7. The molecule has 0 saturated carbocycles. The van der Waals surface area contributed by atoms with Crippen molar-refractivity contribution in [3.05, 3.63) is 467 Å². The van der Waals surface area contributed by atoms with E-state index in [0.29, 0.717) is 0 Å². The molecule has 0 spiro atoms. The Hall–Kier alpha value is -15.5. The Bertz CT molecular complexity index is 7170. The molecule has 0 aliphatic carbocycles. The van der Waals surface area contributed by atoms with Crippen molar-refractivity contribution >= 4 is 126 Å². The molecule has 24 rings (SSSR count). The van der Waals surface area contributed by atoms with E-state index in [4.69, 9.17) is 0 Å². The Morgan fingerprint density at radius 3 is 0.721 bits per heavy atom. The molecular weight excluding hydrogens is 1670 g/mol. The van der Waals surface area contributed by atoms with Crippen LogP contribution >= 0.6 is 0 Å². The maximum absolute atomic E-state index is 12.6. The summed E-state index contributed by atoms with van der Waals surface area (Å²) in [6.45, 7) is 0. The predicted molar refractivity (Wildman–Crippen MR) is 504 cm³/mol. The summed E-state index contributed by atoms with van der Waals surface area (Å²) in [5, 5.41) is 12.6. The van der Waals surface area contributed by atoms with Gasteiger partial charge in [-0.25, -0.2) is 0 Å². The van der Waals surface area contributed by atoms with Crippen molar-refractivity contribution in [1.82, 2.24) is 27.8 Å². The fourth-order valence-electron chi connectivity index (χ4n) is 18.2. The zero-order valence-corrected chi connectivity index (χ0v) is 68.5. The van der Waals surface area contributed by atoms with Gasteiger partial charge in [0.15, 0.2) is 0 Å². The van der Waals surface area contributed by atoms with Crippen molar-refractivity contribution in [2.75, 3.05) is 4.90 Å². The minimum absolute atomic E-state index is 0. The van der Waals surface area contributed by atoms with Gasteiger partial charge in [0.2, 0.25) is 0 Å². The molecule has 0 bridgehead atoms. The third-order valence-electron chi connectivity index (χ3n) is 23.6. The summed E-state index contributed by atoms with van der Waals surface area (Å²) in [5.74, 6) is -0.278. The maximum Gasteiger partial charge on any atom is 0.0541 e. The summed E-state index contributed by atoms with van der Waals surface area (Å²) in [6.07, 6.45) is 1.70. The summed E-state index contributed by atoms with van der Waals surface area (Å²) in [5.41, 5.74) is 29.6. The van der Waals surface area contributed by atoms with E-state index in [0.717, 1.165) is 62.3 Å². The molecule has 6 heterocycles. The molecule has 0 aliphatic heterocycles. The zero-order valence-electron chi connectivity index (χ0n) is 66.1. The standard InChI is InChI=1S/C54H36N4.C48H32N2.C11H7FN.Ir/c1-7-19-49-43(13-1)44-14-2-8-20-50(44)56(49)40-31-25-37(26-32-40)55(38-27-33-41(34-28-38)57-51-21-9-3-15-45(51)46-16-4-10-22-52(46)57)39-29-35-42(36-30-39)58-53-23-11-5-17-47(53)48-18-6-12-24-54(48)58;1-3-15-33(16-4-1)35-27-36(34-17-5-2-6-18-34)29-37(28-35)38-30-39(49-45-23-11-7-19-41(45)42-20-8-12-24-46(42)49)32-40(31-38)50-47-25-13-9-21-43(47)44-22-10-14-26-48(44)50;12-10-6-4-9(5-7-10)11-3-1-2-8-13-11;/h1-36H;1-32H;1-4,6-8H;/q;;-1;. The van der Waals surface area contributed by atoms with Crippen LogP contribution in [-0.4, -0.2) is 27.8 Å². The number of pyridine rings is 1. The molecule has 0 saturated heterocycles. The van der Waals surface area contributed by atoms with Crippen molar-refractivity contribution in [2.45, 2.75) is 0 Å². The van der Waals surface area contributed by atoms with Crippen LogP contribution in [0.5, 0.6) is 0 Å². The van der Waals surface area contributed by atoms with Gasteiger partial charge in [-0.2, -0.15) is 0 Å². The van der Waals surface area contributed by atoms with Crippen LogP contribution in [0.25, 0.3) is 182 Å². The van der Waals surface area contributed by atoms with E-state index < -0.39 is 0 Å². The minimum atomic E-state index is -0.278. The van der Waals surface area contributed by atoms with Crippen LogP contribution in [0.3, 0.4) is 0 Å². The summed E-state index contributed by atoms with van der Waals surface area (Å²) in [7, 11) is 0. The SMILES string of the molecule is Fc1c[c-]c(-c2ccccn2)cc1.[Ir].c1ccc(-c2cc(-c3ccccc3)cc(-c3cc(-n4c5ccccc5c5ccccc54)cc(-n4c5ccccc5c5ccccc54)c3)c2)cc1.c1ccc2c(c1)c1ccccc1n2-c1ccc(N(c2ccc(-n3c4ccccc4c4ccccc43)cc2)c2ccc(-n3c4ccccc4c4ccccc43)cc2)cc1. The van der Waals surface area contributed by atoms with Crippen molar-refractivity contribution in [3.63, 3.8) is 0 Å². The van der Waals surface area contributed by atoms with Crippen LogP contribution in [0.2, 0.25) is 0 Å². The topological polar surface area (TPSA) is 40.8 Å². The fourth-order valence-corrected chi connectivity index (χ4v) is 18.2. The Kier molecular flexibility index (Phi) is 19.3. The van der Waals surface area contributed by atoms with Crippen LogP contribution in [0.4, 0.5) is 21.5 Å². The first kappa shape index (κ1) is 74.1. The van der Waals surface area contributed by atoms with Crippen LogP contribution in [0.15, 0.2) is 455 Å². The van der Waals surface area contributed by atoms with Gasteiger partial charge >= 0.3 is 0 Å². The van der Waals surface area contributed by atoms with Crippen LogP contribution in [-0.2, 0) is 20.1 Å². The van der Waals surface area contributed by atoms with E-state index in [2.05, 4.69) is 451 Å². The third kappa shape index (κ3) is 13.3. The largest absolute Gasteiger partial charge is 0.310 e. The van der Waals surface area contributed by atoms with Gasteiger partial charge in [0.1, 0.15) is 0 Å². The van der Waals surface area contributed by atoms with Gasteiger partial charge in [0, 0.05) is 131 Å². The van der Waals surface area contributed by atoms with Crippen molar-refractivity contribution in [3.8, 4) is 73.1 Å². The molecule has 0 atom stereocenters. The second-order valence-electron chi connectivity index (χ2n) is 30.6. The van der Waals surface area contributed by atoms with E-state index in [1.54, 1.807) is 12.3 Å². The first-order valence-corrected chi connectivity index (χ1v) is 41.0. The molecule has 6 aromatic heterocycles. The van der Waals surface area contributed by atoms with Gasteiger partial charge in [-0.3, -0.25) is 4.39 Å². The average Bonchev–Trinajstić information content (AvgIpc) is 1.58. The predicted octanol–water partition coefficient (Wildman–Crippen LogP) is 30.0. The van der Waals surface area contributed by atoms with Gasteiger partial charge in [0.25, 0.3) is 0 Å². The van der Waals surface area contributed by atoms with Crippen LogP contribution in [0, 0.1) is 11.9 Å². The van der Waals surface area contributed by atoms with Gasteiger partial charge in [-0.05, 0) is 215 Å². The molecule has 0 unspecified atom stereocenters. The van der Waals surface area contributed by atoms with E-state index in [1.165, 1.54) is 149 Å². The molecule has 9 heteroatoms.